The van der Waals surface area contributed by atoms with Crippen molar-refractivity contribution in [1.29, 1.82) is 5.41 Å². The van der Waals surface area contributed by atoms with Crippen LogP contribution in [0.4, 0.5) is 10.2 Å². The predicted octanol–water partition coefficient (Wildman–Crippen LogP) is 3.26. The lowest BCUT2D eigenvalue weighted by molar-refractivity contribution is 0.0667. The van der Waals surface area contributed by atoms with Crippen molar-refractivity contribution in [3.63, 3.8) is 0 Å². The van der Waals surface area contributed by atoms with Crippen molar-refractivity contribution < 1.29 is 9.50 Å². The zero-order valence-corrected chi connectivity index (χ0v) is 16.8. The molecule has 3 aromatic rings. The third-order valence-electron chi connectivity index (χ3n) is 4.70. The summed E-state index contributed by atoms with van der Waals surface area (Å²) in [5, 5.41) is 22.4. The molecular weight excluding hydrogens is 395 g/mol. The molecule has 0 saturated carbocycles. The Balaban J connectivity index is 2.02. The molecule has 1 aliphatic heterocycles. The first kappa shape index (κ1) is 19.4. The molecule has 4 rings (SSSR count). The van der Waals surface area contributed by atoms with E-state index in [4.69, 9.17) is 17.0 Å². The highest BCUT2D eigenvalue weighted by atomic mass is 35.5. The number of benzene rings is 1. The van der Waals surface area contributed by atoms with Crippen LogP contribution in [0.5, 0.6) is 0 Å². The van der Waals surface area contributed by atoms with Gasteiger partial charge in [0.1, 0.15) is 23.0 Å². The number of aromatic nitrogens is 3. The molecule has 0 saturated heterocycles. The Hall–Kier alpha value is -2.97. The molecule has 0 radical (unpaired) electrons. The van der Waals surface area contributed by atoms with E-state index in [0.29, 0.717) is 27.8 Å². The highest BCUT2D eigenvalue weighted by Crippen LogP contribution is 2.38. The second kappa shape index (κ2) is 6.82. The van der Waals surface area contributed by atoms with Crippen LogP contribution in [0.15, 0.2) is 36.4 Å². The summed E-state index contributed by atoms with van der Waals surface area (Å²) in [7, 11) is 0. The van der Waals surface area contributed by atoms with Gasteiger partial charge in [-0.3, -0.25) is 10.8 Å². The number of halogens is 2. The molecule has 0 amide bonds. The first-order chi connectivity index (χ1) is 13.6. The van der Waals surface area contributed by atoms with Gasteiger partial charge in [0.2, 0.25) is 5.62 Å². The van der Waals surface area contributed by atoms with Crippen LogP contribution in [0.25, 0.3) is 22.4 Å². The number of hydrogen-bond donors (Lipinski definition) is 4. The molecular formula is C20H20ClFN6O. The van der Waals surface area contributed by atoms with Gasteiger partial charge in [-0.05, 0) is 62.7 Å². The van der Waals surface area contributed by atoms with Crippen LogP contribution >= 0.6 is 11.6 Å². The van der Waals surface area contributed by atoms with Gasteiger partial charge in [0, 0.05) is 11.3 Å². The maximum atomic E-state index is 13.5. The number of aryl methyl sites for hydroxylation is 1. The molecule has 4 N–H and O–H groups in total. The zero-order chi connectivity index (χ0) is 20.9. The van der Waals surface area contributed by atoms with E-state index in [1.54, 1.807) is 32.0 Å². The Morgan fingerprint density at radius 1 is 1.17 bits per heavy atom. The fourth-order valence-corrected chi connectivity index (χ4v) is 3.55. The maximum Gasteiger partial charge on any atom is 0.243 e. The molecule has 1 atom stereocenters. The van der Waals surface area contributed by atoms with Crippen LogP contribution in [-0.4, -0.2) is 31.5 Å². The van der Waals surface area contributed by atoms with Crippen molar-refractivity contribution in [1.82, 2.24) is 14.6 Å². The molecule has 1 aliphatic rings. The number of fused-ring (bicyclic) bond motifs is 1. The Kier molecular flexibility index (Phi) is 4.55. The quantitative estimate of drug-likeness (QED) is 0.493. The van der Waals surface area contributed by atoms with Crippen molar-refractivity contribution >= 4 is 17.4 Å². The van der Waals surface area contributed by atoms with Gasteiger partial charge in [0.15, 0.2) is 0 Å². The standard InChI is InChI=1S/C20H20ClFN6O/c1-10-8-12(9-14(21)24-10)15-16(11-4-6-13(22)7-5-11)25-19(23)28-17(15)26-18(27-28)20(2,3)29/h4-9,18,23,26-27,29H,1-3H3. The SMILES string of the molecule is Cc1cc(-c2c(-c3ccc(F)cc3)nc(=N)n3c2NC(C(C)(C)O)N3)cc(Cl)n1. The topological polar surface area (TPSA) is 98.9 Å². The van der Waals surface area contributed by atoms with Crippen molar-refractivity contribution in [2.24, 2.45) is 0 Å². The number of nitrogens with one attached hydrogen (secondary N) is 3. The second-order valence-corrected chi connectivity index (χ2v) is 7.92. The molecule has 2 aromatic heterocycles. The van der Waals surface area contributed by atoms with E-state index in [0.717, 1.165) is 11.3 Å². The van der Waals surface area contributed by atoms with Crippen molar-refractivity contribution in [3.05, 3.63) is 58.7 Å². The van der Waals surface area contributed by atoms with Crippen molar-refractivity contribution in [2.45, 2.75) is 32.5 Å². The minimum Gasteiger partial charge on any atom is -0.386 e. The second-order valence-electron chi connectivity index (χ2n) is 7.53. The third-order valence-corrected chi connectivity index (χ3v) is 4.89. The molecule has 0 aliphatic carbocycles. The van der Waals surface area contributed by atoms with E-state index in [9.17, 15) is 9.50 Å². The van der Waals surface area contributed by atoms with Crippen LogP contribution in [0.2, 0.25) is 5.15 Å². The molecule has 0 spiro atoms. The molecule has 150 valence electrons. The fourth-order valence-electron chi connectivity index (χ4n) is 3.30. The summed E-state index contributed by atoms with van der Waals surface area (Å²) < 4.78 is 15.0. The van der Waals surface area contributed by atoms with Gasteiger partial charge in [0.05, 0.1) is 16.9 Å². The van der Waals surface area contributed by atoms with Gasteiger partial charge in [-0.2, -0.15) is 0 Å². The van der Waals surface area contributed by atoms with E-state index in [2.05, 4.69) is 20.7 Å². The molecule has 1 unspecified atom stereocenters. The number of nitrogens with zero attached hydrogens (tertiary/aromatic N) is 3. The number of hydrogen-bond acceptors (Lipinski definition) is 6. The minimum absolute atomic E-state index is 0.0563. The predicted molar refractivity (Wildman–Crippen MR) is 110 cm³/mol. The van der Waals surface area contributed by atoms with E-state index >= 15 is 0 Å². The lowest BCUT2D eigenvalue weighted by Gasteiger charge is -2.25. The van der Waals surface area contributed by atoms with E-state index in [1.165, 1.54) is 16.8 Å². The first-order valence-electron chi connectivity index (χ1n) is 9.01. The largest absolute Gasteiger partial charge is 0.386 e. The molecule has 29 heavy (non-hydrogen) atoms. The average Bonchev–Trinajstić information content (AvgIpc) is 3.07. The van der Waals surface area contributed by atoms with E-state index < -0.39 is 11.8 Å². The molecule has 9 heteroatoms. The smallest absolute Gasteiger partial charge is 0.243 e. The summed E-state index contributed by atoms with van der Waals surface area (Å²) in [4.78, 5) is 8.67. The summed E-state index contributed by atoms with van der Waals surface area (Å²) in [5.74, 6) is 0.194. The Labute approximate surface area is 171 Å². The summed E-state index contributed by atoms with van der Waals surface area (Å²) >= 11 is 6.20. The number of aliphatic hydroxyl groups is 1. The van der Waals surface area contributed by atoms with Gasteiger partial charge in [-0.15, -0.1) is 0 Å². The molecule has 7 nitrogen and oxygen atoms in total. The van der Waals surface area contributed by atoms with Gasteiger partial charge in [0.25, 0.3) is 0 Å². The van der Waals surface area contributed by atoms with Crippen LogP contribution in [0, 0.1) is 18.2 Å². The number of anilines is 1. The molecule has 3 heterocycles. The number of pyridine rings is 1. The van der Waals surface area contributed by atoms with Crippen molar-refractivity contribution in [2.75, 3.05) is 10.7 Å². The highest BCUT2D eigenvalue weighted by molar-refractivity contribution is 6.29. The Morgan fingerprint density at radius 3 is 2.48 bits per heavy atom. The van der Waals surface area contributed by atoms with Gasteiger partial charge in [-0.25, -0.2) is 19.0 Å². The normalized spacial score (nSPS) is 15.6. The van der Waals surface area contributed by atoms with Crippen molar-refractivity contribution in [3.8, 4) is 22.4 Å². The summed E-state index contributed by atoms with van der Waals surface area (Å²) in [5.41, 5.74) is 5.17. The third kappa shape index (κ3) is 3.56. The Bertz CT molecular complexity index is 1130. The monoisotopic (exact) mass is 414 g/mol. The van der Waals surface area contributed by atoms with Crippen LogP contribution in [0.3, 0.4) is 0 Å². The highest BCUT2D eigenvalue weighted by Gasteiger charge is 2.35. The first-order valence-corrected chi connectivity index (χ1v) is 9.39. The average molecular weight is 415 g/mol. The molecule has 0 bridgehead atoms. The number of rotatable bonds is 3. The maximum absolute atomic E-state index is 13.5. The fraction of sp³-hybridized carbons (Fsp3) is 0.250. The lowest BCUT2D eigenvalue weighted by atomic mass is 9.99. The van der Waals surface area contributed by atoms with E-state index in [1.807, 2.05) is 13.0 Å². The summed E-state index contributed by atoms with van der Waals surface area (Å²) in [6.45, 7) is 5.16. The summed E-state index contributed by atoms with van der Waals surface area (Å²) in [6, 6.07) is 9.50. The van der Waals surface area contributed by atoms with Gasteiger partial charge in [-0.1, -0.05) is 11.6 Å². The lowest BCUT2D eigenvalue weighted by Crippen LogP contribution is -2.46. The summed E-state index contributed by atoms with van der Waals surface area (Å²) in [6.07, 6.45) is -0.547. The van der Waals surface area contributed by atoms with Crippen LogP contribution < -0.4 is 16.4 Å². The minimum atomic E-state index is -1.11. The van der Waals surface area contributed by atoms with Crippen LogP contribution in [-0.2, 0) is 0 Å². The van der Waals surface area contributed by atoms with Gasteiger partial charge < -0.3 is 10.4 Å². The van der Waals surface area contributed by atoms with E-state index in [-0.39, 0.29) is 11.4 Å². The zero-order valence-electron chi connectivity index (χ0n) is 16.1. The van der Waals surface area contributed by atoms with Gasteiger partial charge >= 0.3 is 0 Å². The Morgan fingerprint density at radius 2 is 1.86 bits per heavy atom. The molecule has 1 aromatic carbocycles. The van der Waals surface area contributed by atoms with Crippen LogP contribution in [0.1, 0.15) is 19.5 Å². The molecule has 0 fully saturated rings.